The number of aryl methyl sites for hydroxylation is 1. The summed E-state index contributed by atoms with van der Waals surface area (Å²) in [5, 5.41) is 4.27. The van der Waals surface area contributed by atoms with E-state index in [1.807, 2.05) is 11.8 Å². The monoisotopic (exact) mass is 412 g/mol. The van der Waals surface area contributed by atoms with Crippen molar-refractivity contribution in [3.05, 3.63) is 51.3 Å². The summed E-state index contributed by atoms with van der Waals surface area (Å²) < 4.78 is 29.5. The van der Waals surface area contributed by atoms with Crippen LogP contribution in [-0.2, 0) is 13.6 Å². The second-order valence-corrected chi connectivity index (χ2v) is 6.95. The van der Waals surface area contributed by atoms with Gasteiger partial charge in [0.1, 0.15) is 0 Å². The highest BCUT2D eigenvalue weighted by molar-refractivity contribution is 9.10. The number of carbonyl (C=O) groups is 1. The first-order chi connectivity index (χ1) is 11.9. The number of rotatable bonds is 3. The molecule has 1 saturated heterocycles. The maximum absolute atomic E-state index is 13.8. The number of piperazine rings is 1. The van der Waals surface area contributed by atoms with Gasteiger partial charge in [-0.3, -0.25) is 14.4 Å². The molecule has 25 heavy (non-hydrogen) atoms. The number of hydrogen-bond donors (Lipinski definition) is 0. The van der Waals surface area contributed by atoms with E-state index in [-0.39, 0.29) is 5.91 Å². The van der Waals surface area contributed by atoms with Crippen LogP contribution in [0, 0.1) is 18.6 Å². The fourth-order valence-corrected chi connectivity index (χ4v) is 3.39. The Balaban J connectivity index is 1.62. The van der Waals surface area contributed by atoms with Crippen molar-refractivity contribution in [1.29, 1.82) is 0 Å². The highest BCUT2D eigenvalue weighted by Crippen LogP contribution is 2.22. The van der Waals surface area contributed by atoms with Crippen LogP contribution in [-0.4, -0.2) is 51.7 Å². The first kappa shape index (κ1) is 18.0. The lowest BCUT2D eigenvalue weighted by atomic mass is 10.1. The van der Waals surface area contributed by atoms with Crippen LogP contribution in [0.1, 0.15) is 21.7 Å². The van der Waals surface area contributed by atoms with Gasteiger partial charge in [-0.25, -0.2) is 8.78 Å². The number of aromatic nitrogens is 2. The third kappa shape index (κ3) is 3.59. The van der Waals surface area contributed by atoms with Crippen LogP contribution >= 0.6 is 15.9 Å². The van der Waals surface area contributed by atoms with Crippen LogP contribution in [0.5, 0.6) is 0 Å². The number of amides is 1. The summed E-state index contributed by atoms with van der Waals surface area (Å²) in [5.74, 6) is -1.75. The molecule has 3 rings (SSSR count). The summed E-state index contributed by atoms with van der Waals surface area (Å²) in [7, 11) is 1.79. The fraction of sp³-hybridized carbons (Fsp3) is 0.412. The summed E-state index contributed by atoms with van der Waals surface area (Å²) in [6, 6.07) is 4.21. The van der Waals surface area contributed by atoms with Crippen molar-refractivity contribution in [1.82, 2.24) is 19.6 Å². The van der Waals surface area contributed by atoms with Crippen molar-refractivity contribution in [3.63, 3.8) is 0 Å². The van der Waals surface area contributed by atoms with E-state index in [1.54, 1.807) is 22.7 Å². The van der Waals surface area contributed by atoms with Crippen molar-refractivity contribution in [3.8, 4) is 0 Å². The molecule has 0 atom stereocenters. The molecule has 1 aliphatic heterocycles. The molecule has 0 bridgehead atoms. The number of hydrogen-bond acceptors (Lipinski definition) is 3. The second-order valence-electron chi connectivity index (χ2n) is 6.15. The molecule has 1 fully saturated rings. The molecule has 1 aromatic heterocycles. The molecule has 1 aliphatic rings. The lowest BCUT2D eigenvalue weighted by Crippen LogP contribution is -2.48. The van der Waals surface area contributed by atoms with Gasteiger partial charge in [0.2, 0.25) is 0 Å². The summed E-state index contributed by atoms with van der Waals surface area (Å²) in [5.41, 5.74) is 1.64. The summed E-state index contributed by atoms with van der Waals surface area (Å²) in [6.07, 6.45) is 0. The van der Waals surface area contributed by atoms with Gasteiger partial charge in [-0.15, -0.1) is 0 Å². The van der Waals surface area contributed by atoms with Crippen LogP contribution < -0.4 is 0 Å². The molecule has 0 N–H and O–H groups in total. The minimum Gasteiger partial charge on any atom is -0.335 e. The van der Waals surface area contributed by atoms with Crippen LogP contribution in [0.2, 0.25) is 0 Å². The van der Waals surface area contributed by atoms with Crippen molar-refractivity contribution in [2.45, 2.75) is 13.5 Å². The van der Waals surface area contributed by atoms with E-state index < -0.39 is 11.6 Å². The number of carbonyl (C=O) groups excluding carboxylic acids is 1. The SMILES string of the molecule is Cc1c(Br)c(C(=O)N2CCN(Cc3cccc(F)c3F)CC2)nn1C. The number of benzene rings is 1. The van der Waals surface area contributed by atoms with E-state index in [0.29, 0.717) is 48.5 Å². The average Bonchev–Trinajstić information content (AvgIpc) is 2.86. The molecule has 0 spiro atoms. The molecule has 0 radical (unpaired) electrons. The summed E-state index contributed by atoms with van der Waals surface area (Å²) in [4.78, 5) is 16.4. The van der Waals surface area contributed by atoms with Gasteiger partial charge in [0, 0.05) is 45.3 Å². The van der Waals surface area contributed by atoms with E-state index in [4.69, 9.17) is 0 Å². The van der Waals surface area contributed by atoms with Gasteiger partial charge >= 0.3 is 0 Å². The van der Waals surface area contributed by atoms with E-state index in [0.717, 1.165) is 11.8 Å². The molecule has 8 heteroatoms. The number of nitrogens with zero attached hydrogens (tertiary/aromatic N) is 4. The predicted molar refractivity (Wildman–Crippen MR) is 93.2 cm³/mol. The van der Waals surface area contributed by atoms with E-state index >= 15 is 0 Å². The lowest BCUT2D eigenvalue weighted by Gasteiger charge is -2.34. The molecule has 2 heterocycles. The molecule has 0 aliphatic carbocycles. The fourth-order valence-electron chi connectivity index (χ4n) is 2.89. The van der Waals surface area contributed by atoms with Crippen LogP contribution in [0.25, 0.3) is 0 Å². The van der Waals surface area contributed by atoms with E-state index in [1.165, 1.54) is 6.07 Å². The van der Waals surface area contributed by atoms with Crippen LogP contribution in [0.4, 0.5) is 8.78 Å². The highest BCUT2D eigenvalue weighted by atomic mass is 79.9. The normalized spacial score (nSPS) is 15.6. The van der Waals surface area contributed by atoms with Crippen molar-refractivity contribution in [2.24, 2.45) is 7.05 Å². The Hall–Kier alpha value is -1.80. The van der Waals surface area contributed by atoms with Gasteiger partial charge in [0.15, 0.2) is 17.3 Å². The Kier molecular flexibility index (Phi) is 5.19. The third-order valence-corrected chi connectivity index (χ3v) is 5.50. The Bertz CT molecular complexity index is 800. The molecule has 0 unspecified atom stereocenters. The second kappa shape index (κ2) is 7.21. The largest absolute Gasteiger partial charge is 0.335 e. The Morgan fingerprint density at radius 3 is 2.52 bits per heavy atom. The van der Waals surface area contributed by atoms with Crippen molar-refractivity contribution < 1.29 is 13.6 Å². The molecule has 134 valence electrons. The smallest absolute Gasteiger partial charge is 0.275 e. The lowest BCUT2D eigenvalue weighted by molar-refractivity contribution is 0.0619. The predicted octanol–water partition coefficient (Wildman–Crippen LogP) is 2.73. The van der Waals surface area contributed by atoms with E-state index in [2.05, 4.69) is 21.0 Å². The van der Waals surface area contributed by atoms with Gasteiger partial charge in [-0.1, -0.05) is 12.1 Å². The quantitative estimate of drug-likeness (QED) is 0.777. The average molecular weight is 413 g/mol. The van der Waals surface area contributed by atoms with Gasteiger partial charge in [-0.05, 0) is 28.9 Å². The summed E-state index contributed by atoms with van der Waals surface area (Å²) >= 11 is 3.42. The molecular formula is C17H19BrF2N4O. The minimum absolute atomic E-state index is 0.118. The molecular weight excluding hydrogens is 394 g/mol. The highest BCUT2D eigenvalue weighted by Gasteiger charge is 2.27. The standard InChI is InChI=1S/C17H19BrF2N4O/c1-11-14(18)16(21-22(11)2)17(25)24-8-6-23(7-9-24)10-12-4-3-5-13(19)15(12)20/h3-5H,6-10H2,1-2H3. The topological polar surface area (TPSA) is 41.4 Å². The van der Waals surface area contributed by atoms with Crippen molar-refractivity contribution >= 4 is 21.8 Å². The molecule has 2 aromatic rings. The van der Waals surface area contributed by atoms with Gasteiger partial charge in [0.05, 0.1) is 10.2 Å². The Labute approximate surface area is 153 Å². The van der Waals surface area contributed by atoms with Crippen LogP contribution in [0.3, 0.4) is 0 Å². The van der Waals surface area contributed by atoms with Gasteiger partial charge < -0.3 is 4.90 Å². The minimum atomic E-state index is -0.832. The molecule has 0 saturated carbocycles. The number of halogens is 3. The first-order valence-electron chi connectivity index (χ1n) is 8.02. The van der Waals surface area contributed by atoms with Crippen molar-refractivity contribution in [2.75, 3.05) is 26.2 Å². The van der Waals surface area contributed by atoms with Gasteiger partial charge in [-0.2, -0.15) is 5.10 Å². The maximum atomic E-state index is 13.8. The molecule has 1 amide bonds. The zero-order valence-electron chi connectivity index (χ0n) is 14.1. The zero-order valence-corrected chi connectivity index (χ0v) is 15.7. The third-order valence-electron chi connectivity index (χ3n) is 4.55. The van der Waals surface area contributed by atoms with E-state index in [9.17, 15) is 13.6 Å². The zero-order chi connectivity index (χ0) is 18.1. The maximum Gasteiger partial charge on any atom is 0.275 e. The Morgan fingerprint density at radius 2 is 1.92 bits per heavy atom. The first-order valence-corrected chi connectivity index (χ1v) is 8.81. The van der Waals surface area contributed by atoms with Crippen LogP contribution in [0.15, 0.2) is 22.7 Å². The molecule has 5 nitrogen and oxygen atoms in total. The Morgan fingerprint density at radius 1 is 1.24 bits per heavy atom. The molecule has 1 aromatic carbocycles. The summed E-state index contributed by atoms with van der Waals surface area (Å²) in [6.45, 7) is 4.48. The van der Waals surface area contributed by atoms with Gasteiger partial charge in [0.25, 0.3) is 5.91 Å².